The molecule has 2 rings (SSSR count). The second-order valence-corrected chi connectivity index (χ2v) is 7.63. The van der Waals surface area contributed by atoms with Gasteiger partial charge in [-0.15, -0.1) is 0 Å². The van der Waals surface area contributed by atoms with Crippen LogP contribution in [0.5, 0.6) is 5.75 Å². The van der Waals surface area contributed by atoms with Gasteiger partial charge in [0.05, 0.1) is 5.69 Å². The number of carbonyl (C=O) groups is 2. The quantitative estimate of drug-likeness (QED) is 0.373. The number of imidazole rings is 1. The van der Waals surface area contributed by atoms with E-state index < -0.39 is 28.8 Å². The molecule has 1 amide bonds. The van der Waals surface area contributed by atoms with Gasteiger partial charge in [-0.25, -0.2) is 14.6 Å². The van der Waals surface area contributed by atoms with E-state index in [1.807, 2.05) is 13.2 Å². The van der Waals surface area contributed by atoms with Crippen LogP contribution in [0, 0.1) is 0 Å². The van der Waals surface area contributed by atoms with Crippen molar-refractivity contribution >= 4 is 18.0 Å². The van der Waals surface area contributed by atoms with E-state index in [4.69, 9.17) is 9.52 Å². The lowest BCUT2D eigenvalue weighted by Crippen LogP contribution is -2.17. The Bertz CT molecular complexity index is 1090. The molecule has 0 saturated heterocycles. The average molecular weight is 444 g/mol. The molecule has 172 valence electrons. The largest absolute Gasteiger partial charge is 0.507 e. The Kier molecular flexibility index (Phi) is 8.57. The van der Waals surface area contributed by atoms with E-state index in [1.54, 1.807) is 30.6 Å². The van der Waals surface area contributed by atoms with E-state index in [-0.39, 0.29) is 17.3 Å². The third-order valence-electron chi connectivity index (χ3n) is 4.93. The molecule has 3 N–H and O–H groups in total. The van der Waals surface area contributed by atoms with Gasteiger partial charge >= 0.3 is 11.7 Å². The standard InChI is InChI=1S/C23H29N3O6/c1-5-8-16-13-26(4)19(25-16)11-15(3)21(28)20-17(27)12-18(32-22(20)29)14(2)9-6-7-10-24-23(30)31/h7,10-14,24,27H,5-6,8-9H2,1-4H3,(H,30,31)/b10-7+,15-11+. The van der Waals surface area contributed by atoms with E-state index in [2.05, 4.69) is 17.2 Å². The van der Waals surface area contributed by atoms with Crippen molar-refractivity contribution in [3.05, 3.63) is 63.4 Å². The molecule has 2 heterocycles. The van der Waals surface area contributed by atoms with E-state index in [1.165, 1.54) is 12.3 Å². The third-order valence-corrected chi connectivity index (χ3v) is 4.93. The highest BCUT2D eigenvalue weighted by molar-refractivity contribution is 6.11. The van der Waals surface area contributed by atoms with Crippen LogP contribution in [-0.2, 0) is 13.5 Å². The SMILES string of the molecule is CCCc1cn(C)c(/C=C(\C)C(=O)c2c(O)cc(C(C)CC/C=C/NC(=O)O)oc2=O)n1. The van der Waals surface area contributed by atoms with Gasteiger partial charge in [-0.05, 0) is 32.3 Å². The normalized spacial score (nSPS) is 12.8. The van der Waals surface area contributed by atoms with Gasteiger partial charge < -0.3 is 19.2 Å². The number of amides is 1. The first-order valence-electron chi connectivity index (χ1n) is 10.4. The molecule has 0 saturated carbocycles. The highest BCUT2D eigenvalue weighted by Gasteiger charge is 2.22. The van der Waals surface area contributed by atoms with Crippen LogP contribution in [0.15, 0.2) is 39.3 Å². The summed E-state index contributed by atoms with van der Waals surface area (Å²) in [6.07, 6.45) is 8.11. The highest BCUT2D eigenvalue weighted by atomic mass is 16.4. The minimum Gasteiger partial charge on any atom is -0.507 e. The number of aryl methyl sites for hydroxylation is 2. The summed E-state index contributed by atoms with van der Waals surface area (Å²) < 4.78 is 7.11. The summed E-state index contributed by atoms with van der Waals surface area (Å²) in [6, 6.07) is 1.28. The number of aromatic hydroxyl groups is 1. The van der Waals surface area contributed by atoms with Crippen LogP contribution in [0.3, 0.4) is 0 Å². The Labute approximate surface area is 186 Å². The summed E-state index contributed by atoms with van der Waals surface area (Å²) >= 11 is 0. The summed E-state index contributed by atoms with van der Waals surface area (Å²) in [4.78, 5) is 40.2. The zero-order valence-corrected chi connectivity index (χ0v) is 18.7. The predicted molar refractivity (Wildman–Crippen MR) is 120 cm³/mol. The maximum atomic E-state index is 12.8. The molecule has 9 heteroatoms. The van der Waals surface area contributed by atoms with Crippen LogP contribution < -0.4 is 10.9 Å². The fourth-order valence-corrected chi connectivity index (χ4v) is 3.16. The Balaban J connectivity index is 2.18. The van der Waals surface area contributed by atoms with Gasteiger partial charge in [0.1, 0.15) is 22.9 Å². The lowest BCUT2D eigenvalue weighted by atomic mass is 10.00. The van der Waals surface area contributed by atoms with Crippen molar-refractivity contribution in [3.63, 3.8) is 0 Å². The summed E-state index contributed by atoms with van der Waals surface area (Å²) in [6.45, 7) is 5.42. The second kappa shape index (κ2) is 11.1. The van der Waals surface area contributed by atoms with Crippen molar-refractivity contribution in [2.24, 2.45) is 7.05 Å². The number of carbonyl (C=O) groups excluding carboxylic acids is 1. The lowest BCUT2D eigenvalue weighted by molar-refractivity contribution is 0.102. The first-order chi connectivity index (χ1) is 15.1. The first kappa shape index (κ1) is 24.6. The van der Waals surface area contributed by atoms with Gasteiger partial charge in [-0.1, -0.05) is 26.3 Å². The summed E-state index contributed by atoms with van der Waals surface area (Å²) in [5, 5.41) is 21.0. The molecular weight excluding hydrogens is 414 g/mol. The molecule has 0 radical (unpaired) electrons. The van der Waals surface area contributed by atoms with E-state index in [9.17, 15) is 19.5 Å². The average Bonchev–Trinajstić information content (AvgIpc) is 3.05. The van der Waals surface area contributed by atoms with Crippen LogP contribution in [0.1, 0.15) is 73.6 Å². The maximum Gasteiger partial charge on any atom is 0.408 e. The van der Waals surface area contributed by atoms with Crippen LogP contribution in [-0.4, -0.2) is 31.6 Å². The Morgan fingerprint density at radius 3 is 2.72 bits per heavy atom. The van der Waals surface area contributed by atoms with Crippen LogP contribution in [0.25, 0.3) is 6.08 Å². The van der Waals surface area contributed by atoms with E-state index in [0.29, 0.717) is 18.7 Å². The summed E-state index contributed by atoms with van der Waals surface area (Å²) in [5.74, 6) is -0.459. The van der Waals surface area contributed by atoms with Crippen LogP contribution in [0.4, 0.5) is 4.79 Å². The third kappa shape index (κ3) is 6.44. The molecule has 0 fully saturated rings. The number of aromatic nitrogens is 2. The number of hydrogen-bond acceptors (Lipinski definition) is 6. The van der Waals surface area contributed by atoms with Crippen molar-refractivity contribution in [1.82, 2.24) is 14.9 Å². The van der Waals surface area contributed by atoms with Crippen LogP contribution in [0.2, 0.25) is 0 Å². The van der Waals surface area contributed by atoms with E-state index >= 15 is 0 Å². The molecule has 0 bridgehead atoms. The molecule has 1 unspecified atom stereocenters. The Morgan fingerprint density at radius 2 is 2.09 bits per heavy atom. The van der Waals surface area contributed by atoms with E-state index in [0.717, 1.165) is 18.5 Å². The minimum absolute atomic E-state index is 0.228. The fraction of sp³-hybridized carbons (Fsp3) is 0.391. The molecule has 2 aromatic heterocycles. The minimum atomic E-state index is -1.15. The van der Waals surface area contributed by atoms with Crippen molar-refractivity contribution in [1.29, 1.82) is 0 Å². The predicted octanol–water partition coefficient (Wildman–Crippen LogP) is 3.98. The number of allylic oxidation sites excluding steroid dienone is 2. The van der Waals surface area contributed by atoms with Gasteiger partial charge in [0.25, 0.3) is 0 Å². The maximum absolute atomic E-state index is 12.8. The van der Waals surface area contributed by atoms with Gasteiger partial charge in [-0.2, -0.15) is 0 Å². The Hall–Kier alpha value is -3.62. The van der Waals surface area contributed by atoms with Gasteiger partial charge in [0.2, 0.25) is 0 Å². The molecule has 0 spiro atoms. The molecule has 2 aromatic rings. The summed E-state index contributed by atoms with van der Waals surface area (Å²) in [5.41, 5.74) is -0.153. The molecule has 0 aliphatic heterocycles. The first-order valence-corrected chi connectivity index (χ1v) is 10.4. The molecular formula is C23H29N3O6. The number of nitrogens with one attached hydrogen (secondary N) is 1. The molecule has 0 aromatic carbocycles. The van der Waals surface area contributed by atoms with Gasteiger partial charge in [0, 0.05) is 37.0 Å². The van der Waals surface area contributed by atoms with Crippen molar-refractivity contribution in [3.8, 4) is 5.75 Å². The van der Waals surface area contributed by atoms with Gasteiger partial charge in [0.15, 0.2) is 5.78 Å². The second-order valence-electron chi connectivity index (χ2n) is 7.63. The number of rotatable bonds is 10. The zero-order chi connectivity index (χ0) is 23.8. The van der Waals surface area contributed by atoms with Crippen molar-refractivity contribution < 1.29 is 24.2 Å². The fourth-order valence-electron chi connectivity index (χ4n) is 3.16. The topological polar surface area (TPSA) is 135 Å². The number of Topliss-reactive ketones (excluding diaryl/α,β-unsaturated/α-hetero) is 1. The van der Waals surface area contributed by atoms with Gasteiger partial charge in [-0.3, -0.25) is 10.1 Å². The highest BCUT2D eigenvalue weighted by Crippen LogP contribution is 2.26. The van der Waals surface area contributed by atoms with Crippen molar-refractivity contribution in [2.45, 2.75) is 52.4 Å². The summed E-state index contributed by atoms with van der Waals surface area (Å²) in [7, 11) is 1.82. The molecule has 32 heavy (non-hydrogen) atoms. The number of hydrogen-bond donors (Lipinski definition) is 3. The lowest BCUT2D eigenvalue weighted by Gasteiger charge is -2.11. The number of carboxylic acid groups (broad SMARTS) is 1. The number of nitrogens with zero attached hydrogens (tertiary/aromatic N) is 2. The monoisotopic (exact) mass is 443 g/mol. The zero-order valence-electron chi connectivity index (χ0n) is 18.7. The molecule has 9 nitrogen and oxygen atoms in total. The molecule has 0 aliphatic carbocycles. The number of ketones is 1. The van der Waals surface area contributed by atoms with Crippen molar-refractivity contribution in [2.75, 3.05) is 0 Å². The molecule has 1 atom stereocenters. The Morgan fingerprint density at radius 1 is 1.38 bits per heavy atom. The molecule has 0 aliphatic rings. The van der Waals surface area contributed by atoms with Crippen LogP contribution >= 0.6 is 0 Å². The smallest absolute Gasteiger partial charge is 0.408 e.